The Balaban J connectivity index is 1.07. The smallest absolute Gasteiger partial charge is 0.258 e. The molecule has 0 spiro atoms. The van der Waals surface area contributed by atoms with Crippen molar-refractivity contribution in [2.24, 2.45) is 5.92 Å². The van der Waals surface area contributed by atoms with E-state index in [0.29, 0.717) is 12.2 Å². The fourth-order valence-corrected chi connectivity index (χ4v) is 4.99. The summed E-state index contributed by atoms with van der Waals surface area (Å²) in [6.45, 7) is 1.63. The van der Waals surface area contributed by atoms with E-state index in [1.165, 1.54) is 12.1 Å². The number of fused-ring (bicyclic) bond motifs is 2. The Morgan fingerprint density at radius 1 is 1.18 bits per heavy atom. The predicted molar refractivity (Wildman–Crippen MR) is 123 cm³/mol. The average molecular weight is 487 g/mol. The number of benzene rings is 2. The lowest BCUT2D eigenvalue weighted by Gasteiger charge is -2.63. The first-order valence-corrected chi connectivity index (χ1v) is 11.5. The fraction of sp³-hybridized carbons (Fsp3) is 0.375. The molecular weight excluding hydrogens is 463 g/mol. The van der Waals surface area contributed by atoms with Gasteiger partial charge in [0.15, 0.2) is 13.2 Å². The number of nitrogens with zero attached hydrogens (tertiary/aromatic N) is 1. The van der Waals surface area contributed by atoms with Crippen LogP contribution in [0.15, 0.2) is 36.4 Å². The summed E-state index contributed by atoms with van der Waals surface area (Å²) in [6.07, 6.45) is 2.45. The number of carbonyl (C=O) groups is 2. The SMILES string of the molecule is Cc1[nH]nc2cc(OCC(=O)NC34CCC3C(NC(=O)COc3ccc(Cl)c(F)c3)C4)ccc12. The third kappa shape index (κ3) is 4.27. The van der Waals surface area contributed by atoms with Gasteiger partial charge >= 0.3 is 0 Å². The summed E-state index contributed by atoms with van der Waals surface area (Å²) < 4.78 is 24.5. The summed E-state index contributed by atoms with van der Waals surface area (Å²) in [7, 11) is 0. The number of aromatic amines is 1. The zero-order chi connectivity index (χ0) is 23.9. The molecule has 2 amide bonds. The molecular formula is C24H24ClFN4O4. The van der Waals surface area contributed by atoms with E-state index in [2.05, 4.69) is 20.8 Å². The molecule has 3 aromatic rings. The second-order valence-electron chi connectivity index (χ2n) is 8.91. The minimum absolute atomic E-state index is 0.00568. The minimum Gasteiger partial charge on any atom is -0.484 e. The summed E-state index contributed by atoms with van der Waals surface area (Å²) in [5, 5.41) is 14.2. The van der Waals surface area contributed by atoms with Gasteiger partial charge in [0.05, 0.1) is 10.5 Å². The number of rotatable bonds is 8. The van der Waals surface area contributed by atoms with Crippen LogP contribution in [0.2, 0.25) is 5.02 Å². The molecule has 178 valence electrons. The van der Waals surface area contributed by atoms with E-state index >= 15 is 0 Å². The number of aryl methyl sites for hydroxylation is 1. The van der Waals surface area contributed by atoms with Gasteiger partial charge in [0.25, 0.3) is 11.8 Å². The van der Waals surface area contributed by atoms with Crippen LogP contribution in [0.5, 0.6) is 11.5 Å². The van der Waals surface area contributed by atoms with E-state index in [1.54, 1.807) is 6.07 Å². The van der Waals surface area contributed by atoms with Gasteiger partial charge in [0, 0.05) is 40.7 Å². The summed E-state index contributed by atoms with van der Waals surface area (Å²) in [6, 6.07) is 9.52. The van der Waals surface area contributed by atoms with Gasteiger partial charge in [0.2, 0.25) is 0 Å². The Bertz CT molecular complexity index is 1260. The maximum atomic E-state index is 13.5. The third-order valence-electron chi connectivity index (χ3n) is 6.76. The Kier molecular flexibility index (Phi) is 5.81. The lowest BCUT2D eigenvalue weighted by atomic mass is 9.50. The molecule has 1 heterocycles. The van der Waals surface area contributed by atoms with Crippen molar-refractivity contribution in [3.05, 3.63) is 52.9 Å². The first-order valence-electron chi connectivity index (χ1n) is 11.1. The third-order valence-corrected chi connectivity index (χ3v) is 7.07. The maximum absolute atomic E-state index is 13.5. The number of hydrogen-bond acceptors (Lipinski definition) is 5. The number of hydrogen-bond donors (Lipinski definition) is 3. The van der Waals surface area contributed by atoms with Gasteiger partial charge in [-0.3, -0.25) is 14.7 Å². The Labute approximate surface area is 200 Å². The van der Waals surface area contributed by atoms with Crippen LogP contribution >= 0.6 is 11.6 Å². The highest BCUT2D eigenvalue weighted by molar-refractivity contribution is 6.30. The van der Waals surface area contributed by atoms with Gasteiger partial charge in [-0.15, -0.1) is 0 Å². The van der Waals surface area contributed by atoms with E-state index < -0.39 is 5.82 Å². The summed E-state index contributed by atoms with van der Waals surface area (Å²) in [4.78, 5) is 24.8. The molecule has 2 aliphatic rings. The molecule has 34 heavy (non-hydrogen) atoms. The quantitative estimate of drug-likeness (QED) is 0.453. The van der Waals surface area contributed by atoms with E-state index in [4.69, 9.17) is 21.1 Å². The molecule has 3 atom stereocenters. The molecule has 1 aromatic heterocycles. The highest BCUT2D eigenvalue weighted by Gasteiger charge is 2.61. The van der Waals surface area contributed by atoms with E-state index in [0.717, 1.165) is 35.5 Å². The molecule has 0 radical (unpaired) electrons. The van der Waals surface area contributed by atoms with E-state index in [9.17, 15) is 14.0 Å². The van der Waals surface area contributed by atoms with Crippen LogP contribution < -0.4 is 20.1 Å². The zero-order valence-corrected chi connectivity index (χ0v) is 19.2. The minimum atomic E-state index is -0.602. The molecule has 5 rings (SSSR count). The Morgan fingerprint density at radius 3 is 2.62 bits per heavy atom. The standard InChI is InChI=1S/C24H24ClFN4O4/c1-13-16-4-2-15(9-20(16)30-29-13)34-12-23(32)28-24-7-6-17(24)21(10-24)27-22(31)11-33-14-3-5-18(25)19(26)8-14/h2-5,8-9,17,21H,6-7,10-12H2,1H3,(H,27,31)(H,28,32)(H,29,30). The van der Waals surface area contributed by atoms with Crippen molar-refractivity contribution in [1.82, 2.24) is 20.8 Å². The number of ether oxygens (including phenoxy) is 2. The van der Waals surface area contributed by atoms with Crippen molar-refractivity contribution < 1.29 is 23.5 Å². The second kappa shape index (κ2) is 8.79. The highest BCUT2D eigenvalue weighted by Crippen LogP contribution is 2.53. The van der Waals surface area contributed by atoms with Crippen molar-refractivity contribution in [2.45, 2.75) is 37.8 Å². The van der Waals surface area contributed by atoms with Crippen LogP contribution in [0.1, 0.15) is 25.0 Å². The van der Waals surface area contributed by atoms with Crippen molar-refractivity contribution in [3.8, 4) is 11.5 Å². The normalized spacial score (nSPS) is 22.8. The van der Waals surface area contributed by atoms with Crippen molar-refractivity contribution >= 4 is 34.3 Å². The van der Waals surface area contributed by atoms with Crippen LogP contribution in [0.25, 0.3) is 10.9 Å². The van der Waals surface area contributed by atoms with Gasteiger partial charge in [-0.1, -0.05) is 11.6 Å². The fourth-order valence-electron chi connectivity index (χ4n) is 4.87. The molecule has 8 nitrogen and oxygen atoms in total. The largest absolute Gasteiger partial charge is 0.484 e. The summed E-state index contributed by atoms with van der Waals surface area (Å²) in [5.41, 5.74) is 1.48. The van der Waals surface area contributed by atoms with Gasteiger partial charge in [-0.2, -0.15) is 5.10 Å². The van der Waals surface area contributed by atoms with Crippen LogP contribution in [0.4, 0.5) is 4.39 Å². The van der Waals surface area contributed by atoms with Gasteiger partial charge < -0.3 is 20.1 Å². The Hall–Kier alpha value is -3.33. The first-order chi connectivity index (χ1) is 16.3. The first kappa shape index (κ1) is 22.5. The average Bonchev–Trinajstić information content (AvgIpc) is 3.17. The summed E-state index contributed by atoms with van der Waals surface area (Å²) in [5.74, 6) is -0.0971. The molecule has 10 heteroatoms. The van der Waals surface area contributed by atoms with Gasteiger partial charge in [-0.05, 0) is 50.5 Å². The van der Waals surface area contributed by atoms with Gasteiger partial charge in [0.1, 0.15) is 17.3 Å². The van der Waals surface area contributed by atoms with Crippen molar-refractivity contribution in [1.29, 1.82) is 0 Å². The van der Waals surface area contributed by atoms with Crippen molar-refractivity contribution in [2.75, 3.05) is 13.2 Å². The van der Waals surface area contributed by atoms with Crippen LogP contribution in [0.3, 0.4) is 0 Å². The predicted octanol–water partition coefficient (Wildman–Crippen LogP) is 3.28. The molecule has 2 aromatic carbocycles. The maximum Gasteiger partial charge on any atom is 0.258 e. The van der Waals surface area contributed by atoms with E-state index in [1.807, 2.05) is 19.1 Å². The zero-order valence-electron chi connectivity index (χ0n) is 18.5. The van der Waals surface area contributed by atoms with E-state index in [-0.39, 0.29) is 53.3 Å². The lowest BCUT2D eigenvalue weighted by Crippen LogP contribution is -2.76. The molecule has 2 saturated carbocycles. The molecule has 0 bridgehead atoms. The molecule has 3 unspecified atom stereocenters. The number of halogens is 2. The number of H-pyrrole nitrogens is 1. The summed E-state index contributed by atoms with van der Waals surface area (Å²) >= 11 is 5.65. The highest BCUT2D eigenvalue weighted by atomic mass is 35.5. The lowest BCUT2D eigenvalue weighted by molar-refractivity contribution is -0.138. The topological polar surface area (TPSA) is 105 Å². The molecule has 3 N–H and O–H groups in total. The van der Waals surface area contributed by atoms with Crippen LogP contribution in [0, 0.1) is 18.7 Å². The van der Waals surface area contributed by atoms with Crippen LogP contribution in [-0.2, 0) is 9.59 Å². The molecule has 0 aliphatic heterocycles. The monoisotopic (exact) mass is 486 g/mol. The number of nitrogens with one attached hydrogen (secondary N) is 3. The molecule has 2 aliphatic carbocycles. The number of amides is 2. The number of carbonyl (C=O) groups excluding carboxylic acids is 2. The number of aromatic nitrogens is 2. The molecule has 0 saturated heterocycles. The molecule has 2 fully saturated rings. The van der Waals surface area contributed by atoms with Crippen LogP contribution in [-0.4, -0.2) is 46.8 Å². The Morgan fingerprint density at radius 2 is 1.91 bits per heavy atom. The van der Waals surface area contributed by atoms with Gasteiger partial charge in [-0.25, -0.2) is 4.39 Å². The van der Waals surface area contributed by atoms with Crippen molar-refractivity contribution in [3.63, 3.8) is 0 Å². The second-order valence-corrected chi connectivity index (χ2v) is 9.32.